The van der Waals surface area contributed by atoms with Gasteiger partial charge in [0, 0.05) is 12.1 Å². The van der Waals surface area contributed by atoms with Crippen LogP contribution >= 0.6 is 0 Å². The third-order valence-corrected chi connectivity index (χ3v) is 3.21. The van der Waals surface area contributed by atoms with Crippen molar-refractivity contribution in [3.63, 3.8) is 0 Å². The van der Waals surface area contributed by atoms with E-state index in [9.17, 15) is 19.8 Å². The van der Waals surface area contributed by atoms with E-state index in [0.717, 1.165) is 11.1 Å². The molecule has 2 N–H and O–H groups in total. The van der Waals surface area contributed by atoms with Gasteiger partial charge in [-0.05, 0) is 30.2 Å². The van der Waals surface area contributed by atoms with Gasteiger partial charge in [0.1, 0.15) is 0 Å². The number of benzene rings is 1. The predicted octanol–water partition coefficient (Wildman–Crippen LogP) is 1.69. The van der Waals surface area contributed by atoms with E-state index in [1.807, 2.05) is 6.08 Å². The monoisotopic (exact) mass is 328 g/mol. The zero-order chi connectivity index (χ0) is 17.5. The summed E-state index contributed by atoms with van der Waals surface area (Å²) in [6, 6.07) is 8.11. The van der Waals surface area contributed by atoms with Crippen molar-refractivity contribution in [1.82, 2.24) is 0 Å². The van der Waals surface area contributed by atoms with Crippen LogP contribution in [0.3, 0.4) is 0 Å². The molecule has 2 aromatic rings. The molecule has 1 aromatic carbocycles. The second-order valence-electron chi connectivity index (χ2n) is 5.03. The molecule has 0 atom stereocenters. The van der Waals surface area contributed by atoms with Crippen LogP contribution in [-0.2, 0) is 20.9 Å². The average molecular weight is 328 g/mol. The number of Topliss-reactive ketones (excluding diaryl/α,β-unsaturated/α-hetero) is 1. The lowest BCUT2D eigenvalue weighted by Crippen LogP contribution is -2.40. The molecule has 0 radical (unpaired) electrons. The van der Waals surface area contributed by atoms with Gasteiger partial charge < -0.3 is 14.9 Å². The molecule has 1 heterocycles. The van der Waals surface area contributed by atoms with Crippen LogP contribution in [0.1, 0.15) is 18.1 Å². The lowest BCUT2D eigenvalue weighted by molar-refractivity contribution is -0.683. The highest BCUT2D eigenvalue weighted by molar-refractivity contribution is 6.33. The third-order valence-electron chi connectivity index (χ3n) is 3.21. The highest BCUT2D eigenvalue weighted by atomic mass is 16.5. The van der Waals surface area contributed by atoms with Crippen LogP contribution in [-0.4, -0.2) is 28.6 Å². The largest absolute Gasteiger partial charge is 0.504 e. The van der Waals surface area contributed by atoms with Gasteiger partial charge in [-0.15, -0.1) is 0 Å². The second kappa shape index (κ2) is 7.92. The fourth-order valence-corrected chi connectivity index (χ4v) is 1.96. The summed E-state index contributed by atoms with van der Waals surface area (Å²) in [5, 5.41) is 18.7. The van der Waals surface area contributed by atoms with E-state index >= 15 is 0 Å². The Hall–Kier alpha value is -3.15. The summed E-state index contributed by atoms with van der Waals surface area (Å²) in [5.41, 5.74) is 1.61. The average Bonchev–Trinajstić information content (AvgIpc) is 2.57. The van der Waals surface area contributed by atoms with E-state index in [-0.39, 0.29) is 24.7 Å². The number of hydrogen-bond acceptors (Lipinski definition) is 5. The zero-order valence-corrected chi connectivity index (χ0v) is 13.2. The molecular formula is C18H18NO5+. The minimum Gasteiger partial charge on any atom is -0.504 e. The highest BCUT2D eigenvalue weighted by Gasteiger charge is 2.19. The van der Waals surface area contributed by atoms with Gasteiger partial charge in [0.15, 0.2) is 23.9 Å². The molecule has 124 valence electrons. The Morgan fingerprint density at radius 1 is 1.04 bits per heavy atom. The number of hydrogen-bond donors (Lipinski definition) is 2. The maximum atomic E-state index is 11.6. The normalized spacial score (nSPS) is 10.7. The number of carbonyl (C=O) groups excluding carboxylic acids is 2. The van der Waals surface area contributed by atoms with Crippen LogP contribution in [0.25, 0.3) is 12.2 Å². The lowest BCUT2D eigenvalue weighted by atomic mass is 10.1. The molecule has 0 bridgehead atoms. The number of ether oxygens (including phenoxy) is 1. The molecule has 0 fully saturated rings. The van der Waals surface area contributed by atoms with Crippen molar-refractivity contribution >= 4 is 23.9 Å². The number of nitrogens with zero attached hydrogens (tertiary/aromatic N) is 1. The smallest absolute Gasteiger partial charge is 0.381 e. The Balaban J connectivity index is 2.01. The minimum absolute atomic E-state index is 0.0747. The Bertz CT molecular complexity index is 765. The summed E-state index contributed by atoms with van der Waals surface area (Å²) in [4.78, 5) is 22.9. The van der Waals surface area contributed by atoms with Crippen LogP contribution in [0.5, 0.6) is 11.5 Å². The van der Waals surface area contributed by atoms with E-state index < -0.39 is 11.8 Å². The summed E-state index contributed by atoms with van der Waals surface area (Å²) in [6.07, 6.45) is 6.97. The lowest BCUT2D eigenvalue weighted by Gasteiger charge is -1.99. The molecule has 0 spiro atoms. The molecule has 0 aliphatic heterocycles. The minimum atomic E-state index is -0.832. The fourth-order valence-electron chi connectivity index (χ4n) is 1.96. The first-order valence-corrected chi connectivity index (χ1v) is 7.38. The highest BCUT2D eigenvalue weighted by Crippen LogP contribution is 2.25. The standard InChI is InChI=1S/C18H17NO5/c1-2-24-18(23)17(22)12-19-9-7-13(8-10-19)3-4-14-5-6-15(20)16(21)11-14/h3-11,21H,2,12H2,1H3/p+1. The molecule has 6 nitrogen and oxygen atoms in total. The number of rotatable bonds is 6. The van der Waals surface area contributed by atoms with Crippen molar-refractivity contribution in [1.29, 1.82) is 0 Å². The van der Waals surface area contributed by atoms with Crippen LogP contribution in [0.4, 0.5) is 0 Å². The van der Waals surface area contributed by atoms with Crippen molar-refractivity contribution in [3.8, 4) is 11.5 Å². The number of aromatic hydroxyl groups is 2. The topological polar surface area (TPSA) is 87.7 Å². The van der Waals surface area contributed by atoms with E-state index in [4.69, 9.17) is 0 Å². The summed E-state index contributed by atoms with van der Waals surface area (Å²) in [6.45, 7) is 1.74. The van der Waals surface area contributed by atoms with Gasteiger partial charge in [0.05, 0.1) is 6.61 Å². The van der Waals surface area contributed by atoms with Crippen molar-refractivity contribution in [2.24, 2.45) is 0 Å². The van der Waals surface area contributed by atoms with Gasteiger partial charge in [-0.25, -0.2) is 4.79 Å². The maximum Gasteiger partial charge on any atom is 0.381 e. The third kappa shape index (κ3) is 4.67. The van der Waals surface area contributed by atoms with E-state index in [1.165, 1.54) is 12.1 Å². The van der Waals surface area contributed by atoms with Crippen LogP contribution in [0.2, 0.25) is 0 Å². The Kier molecular flexibility index (Phi) is 5.68. The molecule has 0 unspecified atom stereocenters. The zero-order valence-electron chi connectivity index (χ0n) is 13.2. The Labute approximate surface area is 139 Å². The summed E-state index contributed by atoms with van der Waals surface area (Å²) in [7, 11) is 0. The van der Waals surface area contributed by atoms with Crippen molar-refractivity contribution in [2.45, 2.75) is 13.5 Å². The number of aromatic nitrogens is 1. The summed E-state index contributed by atoms with van der Waals surface area (Å²) in [5.74, 6) is -1.79. The quantitative estimate of drug-likeness (QED) is 0.365. The van der Waals surface area contributed by atoms with Crippen LogP contribution in [0, 0.1) is 0 Å². The molecule has 24 heavy (non-hydrogen) atoms. The van der Waals surface area contributed by atoms with Gasteiger partial charge in [-0.2, -0.15) is 4.57 Å². The number of phenolic OH excluding ortho intramolecular Hbond substituents is 2. The molecule has 6 heteroatoms. The van der Waals surface area contributed by atoms with E-state index in [1.54, 1.807) is 48.2 Å². The molecule has 0 aliphatic rings. The van der Waals surface area contributed by atoms with Gasteiger partial charge in [-0.1, -0.05) is 18.2 Å². The first-order valence-electron chi connectivity index (χ1n) is 7.38. The first kappa shape index (κ1) is 17.2. The van der Waals surface area contributed by atoms with Gasteiger partial charge in [0.25, 0.3) is 0 Å². The number of phenols is 2. The van der Waals surface area contributed by atoms with Crippen molar-refractivity contribution in [2.75, 3.05) is 6.61 Å². The first-order chi connectivity index (χ1) is 11.5. The van der Waals surface area contributed by atoms with E-state index in [2.05, 4.69) is 4.74 Å². The molecule has 0 amide bonds. The van der Waals surface area contributed by atoms with Gasteiger partial charge in [-0.3, -0.25) is 4.79 Å². The number of carbonyl (C=O) groups is 2. The molecule has 2 rings (SSSR count). The van der Waals surface area contributed by atoms with Crippen molar-refractivity contribution < 1.29 is 29.1 Å². The number of ketones is 1. The number of esters is 1. The van der Waals surface area contributed by atoms with Crippen LogP contribution < -0.4 is 4.57 Å². The summed E-state index contributed by atoms with van der Waals surface area (Å²) < 4.78 is 6.24. The van der Waals surface area contributed by atoms with Crippen LogP contribution in [0.15, 0.2) is 42.7 Å². The maximum absolute atomic E-state index is 11.6. The van der Waals surface area contributed by atoms with Crippen molar-refractivity contribution in [3.05, 3.63) is 53.9 Å². The molecule has 1 aromatic heterocycles. The molecule has 0 aliphatic carbocycles. The number of pyridine rings is 1. The second-order valence-corrected chi connectivity index (χ2v) is 5.03. The molecule has 0 saturated heterocycles. The predicted molar refractivity (Wildman–Crippen MR) is 87.0 cm³/mol. The SMILES string of the molecule is CCOC(=O)C(=O)C[n+]1ccc(/C=C/c2ccc(O)c(O)c2)cc1. The summed E-state index contributed by atoms with van der Waals surface area (Å²) >= 11 is 0. The van der Waals surface area contributed by atoms with Gasteiger partial charge >= 0.3 is 11.8 Å². The fraction of sp³-hybridized carbons (Fsp3) is 0.167. The van der Waals surface area contributed by atoms with Gasteiger partial charge in [0.2, 0.25) is 6.54 Å². The molecular weight excluding hydrogens is 310 g/mol. The Morgan fingerprint density at radius 2 is 1.71 bits per heavy atom. The van der Waals surface area contributed by atoms with E-state index in [0.29, 0.717) is 0 Å². The Morgan fingerprint density at radius 3 is 2.33 bits per heavy atom. The molecule has 0 saturated carbocycles.